The Labute approximate surface area is 222 Å². The zero-order chi connectivity index (χ0) is 28.9. The second-order valence-corrected chi connectivity index (χ2v) is 12.7. The van der Waals surface area contributed by atoms with Crippen molar-refractivity contribution in [3.8, 4) is 0 Å². The van der Waals surface area contributed by atoms with Crippen LogP contribution in [0.4, 0.5) is 18.0 Å². The SMILES string of the molecule is CC(C)(C)OC(=O)N[C@@H](Cc1ccccc1)[C@@H](C(C)(C)C)C(C)(C)[C@@](CCCC(F)(F)F)(O[SiH3])C(=O)O. The Morgan fingerprint density at radius 2 is 1.51 bits per heavy atom. The Hall–Kier alpha value is -2.07. The van der Waals surface area contributed by atoms with Gasteiger partial charge in [0.15, 0.2) is 5.60 Å². The van der Waals surface area contributed by atoms with Crippen molar-refractivity contribution < 1.29 is 37.0 Å². The number of aliphatic carboxylic acids is 1. The van der Waals surface area contributed by atoms with Gasteiger partial charge in [-0.05, 0) is 56.9 Å². The lowest BCUT2D eigenvalue weighted by atomic mass is 9.54. The molecule has 1 amide bonds. The van der Waals surface area contributed by atoms with Crippen LogP contribution in [0.3, 0.4) is 0 Å². The van der Waals surface area contributed by atoms with E-state index < -0.39 is 58.7 Å². The molecular formula is C27H44F3NO5Si. The van der Waals surface area contributed by atoms with Crippen molar-refractivity contribution in [2.45, 2.75) is 104 Å². The van der Waals surface area contributed by atoms with Crippen molar-refractivity contribution >= 4 is 22.5 Å². The summed E-state index contributed by atoms with van der Waals surface area (Å²) in [5, 5.41) is 13.4. The number of alkyl carbamates (subject to hydrolysis) is 1. The maximum absolute atomic E-state index is 13.0. The van der Waals surface area contributed by atoms with Gasteiger partial charge in [0.1, 0.15) is 16.1 Å². The van der Waals surface area contributed by atoms with Gasteiger partial charge in [0.2, 0.25) is 0 Å². The van der Waals surface area contributed by atoms with Gasteiger partial charge in [-0.3, -0.25) is 0 Å². The van der Waals surface area contributed by atoms with E-state index in [4.69, 9.17) is 9.16 Å². The van der Waals surface area contributed by atoms with Crippen molar-refractivity contribution in [2.75, 3.05) is 0 Å². The van der Waals surface area contributed by atoms with Gasteiger partial charge in [-0.2, -0.15) is 13.2 Å². The molecule has 1 rings (SSSR count). The van der Waals surface area contributed by atoms with Crippen LogP contribution in [0, 0.1) is 16.7 Å². The van der Waals surface area contributed by atoms with Gasteiger partial charge >= 0.3 is 18.2 Å². The predicted octanol–water partition coefficient (Wildman–Crippen LogP) is 5.66. The lowest BCUT2D eigenvalue weighted by Crippen LogP contribution is -2.63. The van der Waals surface area contributed by atoms with E-state index >= 15 is 0 Å². The molecule has 0 aliphatic heterocycles. The Kier molecular flexibility index (Phi) is 10.9. The van der Waals surface area contributed by atoms with Crippen LogP contribution in [0.1, 0.15) is 80.2 Å². The van der Waals surface area contributed by atoms with Crippen LogP contribution < -0.4 is 5.32 Å². The molecule has 0 aromatic heterocycles. The maximum atomic E-state index is 13.0. The minimum absolute atomic E-state index is 0.00506. The second-order valence-electron chi connectivity index (χ2n) is 12.3. The molecule has 0 saturated carbocycles. The van der Waals surface area contributed by atoms with Gasteiger partial charge in [-0.15, -0.1) is 0 Å². The third-order valence-electron chi connectivity index (χ3n) is 6.84. The summed E-state index contributed by atoms with van der Waals surface area (Å²) >= 11 is 0. The average Bonchev–Trinajstić information content (AvgIpc) is 2.68. The van der Waals surface area contributed by atoms with E-state index in [1.54, 1.807) is 34.6 Å². The quantitative estimate of drug-likeness (QED) is 0.349. The number of nitrogens with one attached hydrogen (secondary N) is 1. The third-order valence-corrected chi connectivity index (χ3v) is 7.53. The first-order valence-corrected chi connectivity index (χ1v) is 13.4. The standard InChI is InChI=1S/C27H44F3NO5Si/c1-23(2,3)20(25(7,8)26(36-37,21(32)33)15-12-16-27(28,29)30)19(17-18-13-10-9-11-14-18)31-22(34)35-24(4,5)6/h9-11,13-14,19-20H,12,15-17H2,1-8,37H3,(H,31,34)(H,32,33)/t19-,20-,26-/m0/s1. The summed E-state index contributed by atoms with van der Waals surface area (Å²) in [4.78, 5) is 25.7. The topological polar surface area (TPSA) is 84.9 Å². The van der Waals surface area contributed by atoms with E-state index in [0.717, 1.165) is 5.56 Å². The molecule has 0 bridgehead atoms. The highest BCUT2D eigenvalue weighted by Crippen LogP contribution is 2.52. The predicted molar refractivity (Wildman–Crippen MR) is 141 cm³/mol. The smallest absolute Gasteiger partial charge is 0.407 e. The Morgan fingerprint density at radius 3 is 1.92 bits per heavy atom. The van der Waals surface area contributed by atoms with Gasteiger partial charge in [-0.25, -0.2) is 9.59 Å². The van der Waals surface area contributed by atoms with E-state index in [1.165, 1.54) is 0 Å². The largest absolute Gasteiger partial charge is 0.479 e. The number of carbonyl (C=O) groups is 2. The van der Waals surface area contributed by atoms with Crippen molar-refractivity contribution in [1.29, 1.82) is 0 Å². The first kappa shape index (κ1) is 33.0. The average molecular weight is 548 g/mol. The molecule has 0 heterocycles. The molecule has 0 saturated heterocycles. The molecule has 0 unspecified atom stereocenters. The molecule has 0 radical (unpaired) electrons. The molecule has 2 N–H and O–H groups in total. The van der Waals surface area contributed by atoms with Crippen LogP contribution in [0.2, 0.25) is 0 Å². The molecule has 6 nitrogen and oxygen atoms in total. The molecule has 10 heteroatoms. The van der Waals surface area contributed by atoms with Gasteiger partial charge < -0.3 is 19.6 Å². The number of amides is 1. The molecule has 3 atom stereocenters. The number of halogens is 3. The van der Waals surface area contributed by atoms with Gasteiger partial charge in [0.05, 0.1) is 0 Å². The highest BCUT2D eigenvalue weighted by atomic mass is 28.2. The van der Waals surface area contributed by atoms with Crippen molar-refractivity contribution in [3.63, 3.8) is 0 Å². The summed E-state index contributed by atoms with van der Waals surface area (Å²) in [5.41, 5.74) is -3.50. The number of ether oxygens (including phenoxy) is 1. The fourth-order valence-corrected chi connectivity index (χ4v) is 6.62. The van der Waals surface area contributed by atoms with E-state index in [0.29, 0.717) is 6.42 Å². The zero-order valence-corrected chi connectivity index (χ0v) is 25.6. The zero-order valence-electron chi connectivity index (χ0n) is 23.6. The number of rotatable bonds is 11. The van der Waals surface area contributed by atoms with Crippen LogP contribution >= 0.6 is 0 Å². The maximum Gasteiger partial charge on any atom is 0.407 e. The van der Waals surface area contributed by atoms with E-state index in [2.05, 4.69) is 5.32 Å². The number of carboxylic acid groups (broad SMARTS) is 1. The number of hydrogen-bond acceptors (Lipinski definition) is 4. The molecule has 212 valence electrons. The van der Waals surface area contributed by atoms with Crippen LogP contribution in [-0.2, 0) is 20.4 Å². The van der Waals surface area contributed by atoms with Crippen LogP contribution in [0.15, 0.2) is 30.3 Å². The minimum Gasteiger partial charge on any atom is -0.479 e. The number of benzene rings is 1. The van der Waals surface area contributed by atoms with Crippen molar-refractivity contribution in [2.24, 2.45) is 16.7 Å². The lowest BCUT2D eigenvalue weighted by Gasteiger charge is -2.54. The Bertz CT molecular complexity index is 894. The molecule has 0 spiro atoms. The number of hydrogen-bond donors (Lipinski definition) is 2. The van der Waals surface area contributed by atoms with Crippen LogP contribution in [0.5, 0.6) is 0 Å². The molecule has 0 aliphatic carbocycles. The van der Waals surface area contributed by atoms with Crippen LogP contribution in [-0.4, -0.2) is 51.1 Å². The first-order valence-electron chi connectivity index (χ1n) is 12.5. The third kappa shape index (κ3) is 9.32. The fourth-order valence-electron chi connectivity index (χ4n) is 5.71. The normalized spacial score (nSPS) is 16.5. The molecule has 1 aromatic carbocycles. The summed E-state index contributed by atoms with van der Waals surface area (Å²) in [7, 11) is 0.00506. The summed E-state index contributed by atoms with van der Waals surface area (Å²) < 4.78 is 50.3. The fraction of sp³-hybridized carbons (Fsp3) is 0.704. The highest BCUT2D eigenvalue weighted by molar-refractivity contribution is 6.00. The molecule has 37 heavy (non-hydrogen) atoms. The minimum atomic E-state index is -4.41. The van der Waals surface area contributed by atoms with E-state index in [9.17, 15) is 27.9 Å². The Balaban J connectivity index is 3.65. The van der Waals surface area contributed by atoms with E-state index in [1.807, 2.05) is 51.1 Å². The van der Waals surface area contributed by atoms with E-state index in [-0.39, 0.29) is 23.3 Å². The van der Waals surface area contributed by atoms with Crippen molar-refractivity contribution in [1.82, 2.24) is 5.32 Å². The monoisotopic (exact) mass is 547 g/mol. The molecular weight excluding hydrogens is 503 g/mol. The number of carbonyl (C=O) groups excluding carboxylic acids is 1. The summed E-state index contributed by atoms with van der Waals surface area (Å²) in [6.07, 6.45) is -6.49. The van der Waals surface area contributed by atoms with Gasteiger partial charge in [0, 0.05) is 17.9 Å². The molecule has 1 aromatic rings. The summed E-state index contributed by atoms with van der Waals surface area (Å²) in [5.74, 6) is -1.84. The molecule has 0 fully saturated rings. The highest BCUT2D eigenvalue weighted by Gasteiger charge is 2.59. The van der Waals surface area contributed by atoms with Crippen molar-refractivity contribution in [3.05, 3.63) is 35.9 Å². The lowest BCUT2D eigenvalue weighted by molar-refractivity contribution is -0.183. The summed E-state index contributed by atoms with van der Waals surface area (Å²) in [6.45, 7) is 14.5. The Morgan fingerprint density at radius 1 is 0.973 bits per heavy atom. The first-order chi connectivity index (χ1) is 16.7. The van der Waals surface area contributed by atoms with Crippen LogP contribution in [0.25, 0.3) is 0 Å². The number of alkyl halides is 3. The second kappa shape index (κ2) is 12.2. The summed E-state index contributed by atoms with van der Waals surface area (Å²) in [6, 6.07) is 8.83. The number of carboxylic acids is 1. The van der Waals surface area contributed by atoms with Gasteiger partial charge in [-0.1, -0.05) is 65.0 Å². The molecule has 0 aliphatic rings. The van der Waals surface area contributed by atoms with Gasteiger partial charge in [0.25, 0.3) is 0 Å².